The van der Waals surface area contributed by atoms with Crippen LogP contribution in [0.2, 0.25) is 0 Å². The first-order valence-electron chi connectivity index (χ1n) is 10.7. The average molecular weight is 467 g/mol. The van der Waals surface area contributed by atoms with Gasteiger partial charge in [-0.2, -0.15) is 5.10 Å². The molecule has 3 heterocycles. The Bertz CT molecular complexity index is 1230. The van der Waals surface area contributed by atoms with Crippen molar-refractivity contribution in [2.24, 2.45) is 0 Å². The zero-order valence-electron chi connectivity index (χ0n) is 19.2. The monoisotopic (exact) mass is 467 g/mol. The van der Waals surface area contributed by atoms with Crippen LogP contribution in [-0.4, -0.2) is 89.2 Å². The highest BCUT2D eigenvalue weighted by molar-refractivity contribution is 5.93. The first-order valence-corrected chi connectivity index (χ1v) is 10.7. The van der Waals surface area contributed by atoms with Crippen molar-refractivity contribution in [1.29, 1.82) is 0 Å². The summed E-state index contributed by atoms with van der Waals surface area (Å²) in [6, 6.07) is 8.97. The van der Waals surface area contributed by atoms with Gasteiger partial charge in [0, 0.05) is 50.9 Å². The number of fused-ring (bicyclic) bond motifs is 1. The summed E-state index contributed by atoms with van der Waals surface area (Å²) in [6.45, 7) is 2.39. The van der Waals surface area contributed by atoms with Crippen molar-refractivity contribution in [2.45, 2.75) is 6.92 Å². The molecule has 1 aliphatic heterocycles. The van der Waals surface area contributed by atoms with Gasteiger partial charge in [0.2, 0.25) is 0 Å². The summed E-state index contributed by atoms with van der Waals surface area (Å²) in [6.07, 6.45) is 1.66. The van der Waals surface area contributed by atoms with Crippen LogP contribution in [0.15, 0.2) is 36.5 Å². The van der Waals surface area contributed by atoms with Crippen molar-refractivity contribution in [3.05, 3.63) is 42.2 Å². The first kappa shape index (κ1) is 23.0. The minimum atomic E-state index is -0.505. The van der Waals surface area contributed by atoms with Crippen LogP contribution in [0.5, 0.6) is 11.5 Å². The Labute approximate surface area is 195 Å². The second-order valence-electron chi connectivity index (χ2n) is 7.65. The number of ether oxygens (including phenoxy) is 3. The molecule has 1 fully saturated rings. The van der Waals surface area contributed by atoms with E-state index in [2.05, 4.69) is 10.1 Å². The number of piperazine rings is 1. The molecule has 1 aliphatic rings. The topological polar surface area (TPSA) is 116 Å². The lowest BCUT2D eigenvalue weighted by atomic mass is 10.1. The van der Waals surface area contributed by atoms with Gasteiger partial charge in [0.05, 0.1) is 19.9 Å². The highest BCUT2D eigenvalue weighted by Gasteiger charge is 2.27. The number of hydrogen-bond acceptors (Lipinski definition) is 8. The Morgan fingerprint density at radius 3 is 2.32 bits per heavy atom. The van der Waals surface area contributed by atoms with E-state index in [-0.39, 0.29) is 24.1 Å². The molecule has 0 atom stereocenters. The zero-order chi connectivity index (χ0) is 24.2. The maximum absolute atomic E-state index is 13.1. The number of nitrogens with zero attached hydrogens (tertiary/aromatic N) is 5. The molecule has 0 spiro atoms. The van der Waals surface area contributed by atoms with E-state index >= 15 is 0 Å². The van der Waals surface area contributed by atoms with Gasteiger partial charge < -0.3 is 24.0 Å². The highest BCUT2D eigenvalue weighted by atomic mass is 16.5. The molecule has 11 heteroatoms. The summed E-state index contributed by atoms with van der Waals surface area (Å²) < 4.78 is 17.1. The third-order valence-electron chi connectivity index (χ3n) is 5.57. The molecular weight excluding hydrogens is 442 g/mol. The van der Waals surface area contributed by atoms with Crippen LogP contribution < -0.4 is 9.47 Å². The molecule has 0 N–H and O–H groups in total. The molecule has 178 valence electrons. The van der Waals surface area contributed by atoms with Crippen molar-refractivity contribution in [3.63, 3.8) is 0 Å². The van der Waals surface area contributed by atoms with Crippen LogP contribution >= 0.6 is 0 Å². The molecule has 0 aliphatic carbocycles. The van der Waals surface area contributed by atoms with Crippen LogP contribution in [-0.2, 0) is 14.3 Å². The number of carbonyl (C=O) groups is 3. The second kappa shape index (κ2) is 9.77. The van der Waals surface area contributed by atoms with Gasteiger partial charge in [-0.15, -0.1) is 0 Å². The summed E-state index contributed by atoms with van der Waals surface area (Å²) in [5, 5.41) is 4.52. The maximum atomic E-state index is 13.1. The van der Waals surface area contributed by atoms with Crippen molar-refractivity contribution < 1.29 is 28.6 Å². The second-order valence-corrected chi connectivity index (χ2v) is 7.65. The normalized spacial score (nSPS) is 13.6. The smallest absolute Gasteiger partial charge is 0.303 e. The molecule has 1 saturated heterocycles. The predicted molar refractivity (Wildman–Crippen MR) is 121 cm³/mol. The largest absolute Gasteiger partial charge is 0.493 e. The van der Waals surface area contributed by atoms with Crippen LogP contribution in [0.1, 0.15) is 17.4 Å². The van der Waals surface area contributed by atoms with Crippen molar-refractivity contribution in [2.75, 3.05) is 47.0 Å². The summed E-state index contributed by atoms with van der Waals surface area (Å²) in [5.74, 6) is 0.164. The number of hydrogen-bond donors (Lipinski definition) is 0. The zero-order valence-corrected chi connectivity index (χ0v) is 19.2. The van der Waals surface area contributed by atoms with E-state index in [0.717, 1.165) is 11.3 Å². The molecule has 2 aromatic heterocycles. The van der Waals surface area contributed by atoms with Crippen molar-refractivity contribution >= 4 is 23.4 Å². The van der Waals surface area contributed by atoms with Gasteiger partial charge in [-0.1, -0.05) is 0 Å². The maximum Gasteiger partial charge on any atom is 0.303 e. The Morgan fingerprint density at radius 1 is 0.941 bits per heavy atom. The molecule has 0 unspecified atom stereocenters. The minimum Gasteiger partial charge on any atom is -0.493 e. The summed E-state index contributed by atoms with van der Waals surface area (Å²) >= 11 is 0. The Balaban J connectivity index is 1.51. The van der Waals surface area contributed by atoms with Gasteiger partial charge in [-0.25, -0.2) is 9.50 Å². The molecule has 3 aromatic rings. The highest BCUT2D eigenvalue weighted by Crippen LogP contribution is 2.32. The fraction of sp³-hybridized carbons (Fsp3) is 0.348. The van der Waals surface area contributed by atoms with E-state index in [9.17, 15) is 14.4 Å². The third-order valence-corrected chi connectivity index (χ3v) is 5.57. The number of methoxy groups -OCH3 is 2. The molecule has 0 radical (unpaired) electrons. The van der Waals surface area contributed by atoms with Gasteiger partial charge in [-0.3, -0.25) is 14.4 Å². The van der Waals surface area contributed by atoms with Gasteiger partial charge in [0.1, 0.15) is 0 Å². The fourth-order valence-corrected chi connectivity index (χ4v) is 3.79. The molecule has 34 heavy (non-hydrogen) atoms. The lowest BCUT2D eigenvalue weighted by molar-refractivity contribution is -0.150. The van der Waals surface area contributed by atoms with E-state index in [1.54, 1.807) is 46.9 Å². The van der Waals surface area contributed by atoms with Gasteiger partial charge in [-0.05, 0) is 24.3 Å². The van der Waals surface area contributed by atoms with Crippen LogP contribution in [0.25, 0.3) is 16.9 Å². The number of amides is 2. The van der Waals surface area contributed by atoms with Crippen LogP contribution in [0.4, 0.5) is 0 Å². The van der Waals surface area contributed by atoms with Crippen LogP contribution in [0, 0.1) is 0 Å². The van der Waals surface area contributed by atoms with E-state index in [0.29, 0.717) is 43.3 Å². The van der Waals surface area contributed by atoms with Crippen molar-refractivity contribution in [1.82, 2.24) is 24.4 Å². The standard InChI is InChI=1S/C23H25N5O6/c1-15(29)34-14-22(30)26-8-10-27(11-9-26)23(31)17-13-21-24-7-6-18(28(21)25-17)16-4-5-19(32-2)20(12-16)33-3/h4-7,12-13H,8-11,14H2,1-3H3. The molecular formula is C23H25N5O6. The summed E-state index contributed by atoms with van der Waals surface area (Å²) in [5.41, 5.74) is 2.36. The van der Waals surface area contributed by atoms with E-state index in [1.807, 2.05) is 18.2 Å². The lowest BCUT2D eigenvalue weighted by Crippen LogP contribution is -2.51. The molecule has 4 rings (SSSR count). The fourth-order valence-electron chi connectivity index (χ4n) is 3.79. The Hall–Kier alpha value is -4.15. The number of carbonyl (C=O) groups excluding carboxylic acids is 3. The van der Waals surface area contributed by atoms with E-state index in [4.69, 9.17) is 14.2 Å². The van der Waals surface area contributed by atoms with Gasteiger partial charge in [0.15, 0.2) is 29.4 Å². The Kier molecular flexibility index (Phi) is 6.62. The SMILES string of the molecule is COc1ccc(-c2ccnc3cc(C(=O)N4CCN(C(=O)COC(C)=O)CC4)nn23)cc1OC. The predicted octanol–water partition coefficient (Wildman–Crippen LogP) is 1.26. The van der Waals surface area contributed by atoms with Gasteiger partial charge in [0.25, 0.3) is 11.8 Å². The summed E-state index contributed by atoms with van der Waals surface area (Å²) in [7, 11) is 3.14. The Morgan fingerprint density at radius 2 is 1.65 bits per heavy atom. The average Bonchev–Trinajstić information content (AvgIpc) is 3.31. The van der Waals surface area contributed by atoms with E-state index < -0.39 is 5.97 Å². The van der Waals surface area contributed by atoms with Crippen LogP contribution in [0.3, 0.4) is 0 Å². The number of esters is 1. The number of aromatic nitrogens is 3. The van der Waals surface area contributed by atoms with Gasteiger partial charge >= 0.3 is 5.97 Å². The molecule has 0 saturated carbocycles. The molecule has 0 bridgehead atoms. The molecule has 1 aromatic carbocycles. The number of rotatable bonds is 6. The minimum absolute atomic E-state index is 0.240. The summed E-state index contributed by atoms with van der Waals surface area (Å²) in [4.78, 5) is 43.7. The van der Waals surface area contributed by atoms with Crippen molar-refractivity contribution in [3.8, 4) is 22.8 Å². The molecule has 11 nitrogen and oxygen atoms in total. The lowest BCUT2D eigenvalue weighted by Gasteiger charge is -2.34. The quantitative estimate of drug-likeness (QED) is 0.498. The number of benzene rings is 1. The first-order chi connectivity index (χ1) is 16.4. The third kappa shape index (κ3) is 4.63. The molecule has 2 amide bonds. The van der Waals surface area contributed by atoms with E-state index in [1.165, 1.54) is 6.92 Å².